The number of nitrogens with zero attached hydrogens (tertiary/aromatic N) is 2. The lowest BCUT2D eigenvalue weighted by Gasteiger charge is -2.35. The van der Waals surface area contributed by atoms with Gasteiger partial charge >= 0.3 is 5.97 Å². The molecule has 0 amide bonds. The first kappa shape index (κ1) is 15.4. The van der Waals surface area contributed by atoms with Gasteiger partial charge in [-0.1, -0.05) is 6.42 Å². The Morgan fingerprint density at radius 3 is 3.20 bits per heavy atom. The Labute approximate surface area is 124 Å². The van der Waals surface area contributed by atoms with Crippen LogP contribution in [0.4, 0.5) is 0 Å². The first-order valence-corrected chi connectivity index (χ1v) is 8.18. The van der Waals surface area contributed by atoms with Crippen LogP contribution in [0, 0.1) is 0 Å². The summed E-state index contributed by atoms with van der Waals surface area (Å²) >= 11 is 1.36. The van der Waals surface area contributed by atoms with Crippen LogP contribution in [0.2, 0.25) is 0 Å². The third kappa shape index (κ3) is 4.01. The van der Waals surface area contributed by atoms with Crippen LogP contribution >= 0.6 is 11.3 Å². The van der Waals surface area contributed by atoms with Crippen LogP contribution < -0.4 is 5.73 Å². The molecular weight excluding hydrogens is 274 g/mol. The lowest BCUT2D eigenvalue weighted by atomic mass is 9.99. The highest BCUT2D eigenvalue weighted by atomic mass is 32.1. The van der Waals surface area contributed by atoms with Gasteiger partial charge in [0.25, 0.3) is 0 Å². The quantitative estimate of drug-likeness (QED) is 0.814. The zero-order valence-electron chi connectivity index (χ0n) is 12.0. The van der Waals surface area contributed by atoms with Gasteiger partial charge in [-0.2, -0.15) is 0 Å². The summed E-state index contributed by atoms with van der Waals surface area (Å²) in [4.78, 5) is 18.4. The molecular formula is C14H23N3O2S. The Morgan fingerprint density at radius 1 is 1.60 bits per heavy atom. The minimum atomic E-state index is -0.319. The van der Waals surface area contributed by atoms with Gasteiger partial charge in [0.15, 0.2) is 0 Å². The molecule has 0 spiro atoms. The largest absolute Gasteiger partial charge is 0.461 e. The number of hydrogen-bond acceptors (Lipinski definition) is 6. The Hall–Kier alpha value is -0.980. The summed E-state index contributed by atoms with van der Waals surface area (Å²) in [5.74, 6) is -0.319. The molecule has 1 aromatic heterocycles. The summed E-state index contributed by atoms with van der Waals surface area (Å²) < 4.78 is 4.97. The van der Waals surface area contributed by atoms with Gasteiger partial charge in [-0.3, -0.25) is 4.90 Å². The van der Waals surface area contributed by atoms with E-state index in [1.807, 2.05) is 5.38 Å². The van der Waals surface area contributed by atoms with Crippen molar-refractivity contribution in [3.8, 4) is 0 Å². The van der Waals surface area contributed by atoms with Crippen LogP contribution in [0.1, 0.15) is 48.1 Å². The first-order valence-electron chi connectivity index (χ1n) is 7.30. The first-order chi connectivity index (χ1) is 9.74. The third-order valence-electron chi connectivity index (χ3n) is 3.62. The highest BCUT2D eigenvalue weighted by molar-refractivity contribution is 7.11. The van der Waals surface area contributed by atoms with Crippen LogP contribution in [0.15, 0.2) is 5.38 Å². The molecule has 2 rings (SSSR count). The second kappa shape index (κ2) is 7.71. The lowest BCUT2D eigenvalue weighted by molar-refractivity contribution is 0.0525. The van der Waals surface area contributed by atoms with Crippen LogP contribution in [0.3, 0.4) is 0 Å². The predicted molar refractivity (Wildman–Crippen MR) is 79.8 cm³/mol. The van der Waals surface area contributed by atoms with Crippen molar-refractivity contribution in [1.82, 2.24) is 9.88 Å². The molecule has 2 heterocycles. The molecule has 2 N–H and O–H groups in total. The van der Waals surface area contributed by atoms with Crippen molar-refractivity contribution in [3.63, 3.8) is 0 Å². The van der Waals surface area contributed by atoms with E-state index in [1.165, 1.54) is 30.6 Å². The second-order valence-electron chi connectivity index (χ2n) is 5.06. The molecule has 20 heavy (non-hydrogen) atoms. The van der Waals surface area contributed by atoms with Crippen molar-refractivity contribution in [2.45, 2.75) is 45.2 Å². The van der Waals surface area contributed by atoms with Crippen molar-refractivity contribution in [2.24, 2.45) is 5.73 Å². The fraction of sp³-hybridized carbons (Fsp3) is 0.714. The molecule has 1 atom stereocenters. The third-order valence-corrected chi connectivity index (χ3v) is 4.49. The van der Waals surface area contributed by atoms with E-state index in [-0.39, 0.29) is 5.97 Å². The van der Waals surface area contributed by atoms with Crippen molar-refractivity contribution >= 4 is 17.3 Å². The molecule has 5 nitrogen and oxygen atoms in total. The topological polar surface area (TPSA) is 68.5 Å². The van der Waals surface area contributed by atoms with Gasteiger partial charge in [-0.05, 0) is 39.3 Å². The minimum absolute atomic E-state index is 0.319. The van der Waals surface area contributed by atoms with E-state index in [0.717, 1.165) is 31.7 Å². The summed E-state index contributed by atoms with van der Waals surface area (Å²) in [6, 6.07) is 0.557. The van der Waals surface area contributed by atoms with Gasteiger partial charge in [0.2, 0.25) is 5.01 Å². The van der Waals surface area contributed by atoms with E-state index in [1.54, 1.807) is 6.92 Å². The van der Waals surface area contributed by atoms with E-state index in [0.29, 0.717) is 17.7 Å². The number of carbonyl (C=O) groups excluding carboxylic acids is 1. The average Bonchev–Trinajstić information content (AvgIpc) is 2.90. The van der Waals surface area contributed by atoms with Crippen LogP contribution in [0.25, 0.3) is 0 Å². The number of carbonyl (C=O) groups is 1. The standard InChI is InChI=1S/C14H23N3O2S/c1-2-19-14(18)13-16-11(10-20-13)9-17-8-4-3-5-12(17)6-7-15/h10,12H,2-9,15H2,1H3. The van der Waals surface area contributed by atoms with E-state index >= 15 is 0 Å². The monoisotopic (exact) mass is 297 g/mol. The number of esters is 1. The molecule has 1 aliphatic rings. The van der Waals surface area contributed by atoms with E-state index in [2.05, 4.69) is 9.88 Å². The Morgan fingerprint density at radius 2 is 2.45 bits per heavy atom. The van der Waals surface area contributed by atoms with E-state index in [9.17, 15) is 4.79 Å². The van der Waals surface area contributed by atoms with Gasteiger partial charge in [0, 0.05) is 18.0 Å². The molecule has 0 saturated carbocycles. The molecule has 1 saturated heterocycles. The minimum Gasteiger partial charge on any atom is -0.461 e. The predicted octanol–water partition coefficient (Wildman–Crippen LogP) is 2.02. The van der Waals surface area contributed by atoms with Crippen molar-refractivity contribution < 1.29 is 9.53 Å². The average molecular weight is 297 g/mol. The number of nitrogens with two attached hydrogens (primary N) is 1. The number of ether oxygens (including phenoxy) is 1. The number of thiazole rings is 1. The number of rotatable bonds is 6. The molecule has 1 aromatic rings. The van der Waals surface area contributed by atoms with E-state index < -0.39 is 0 Å². The molecule has 1 fully saturated rings. The normalized spacial score (nSPS) is 20.0. The molecule has 0 bridgehead atoms. The maximum atomic E-state index is 11.6. The molecule has 1 aliphatic heterocycles. The Kier molecular flexibility index (Phi) is 5.94. The second-order valence-corrected chi connectivity index (χ2v) is 5.92. The van der Waals surface area contributed by atoms with E-state index in [4.69, 9.17) is 10.5 Å². The maximum Gasteiger partial charge on any atom is 0.367 e. The number of likely N-dealkylation sites (tertiary alicyclic amines) is 1. The molecule has 0 aliphatic carbocycles. The Balaban J connectivity index is 1.96. The van der Waals surface area contributed by atoms with Crippen molar-refractivity contribution in [2.75, 3.05) is 19.7 Å². The zero-order valence-corrected chi connectivity index (χ0v) is 12.8. The van der Waals surface area contributed by atoms with Gasteiger partial charge < -0.3 is 10.5 Å². The fourth-order valence-corrected chi connectivity index (χ4v) is 3.36. The maximum absolute atomic E-state index is 11.6. The smallest absolute Gasteiger partial charge is 0.367 e. The van der Waals surface area contributed by atoms with Crippen LogP contribution in [0.5, 0.6) is 0 Å². The van der Waals surface area contributed by atoms with Crippen LogP contribution in [-0.2, 0) is 11.3 Å². The summed E-state index contributed by atoms with van der Waals surface area (Å²) in [7, 11) is 0. The molecule has 0 radical (unpaired) electrons. The summed E-state index contributed by atoms with van der Waals surface area (Å²) in [6.45, 7) is 4.82. The lowest BCUT2D eigenvalue weighted by Crippen LogP contribution is -2.40. The molecule has 112 valence electrons. The summed E-state index contributed by atoms with van der Waals surface area (Å²) in [5.41, 5.74) is 6.65. The SMILES string of the molecule is CCOC(=O)c1nc(CN2CCCCC2CCN)cs1. The van der Waals surface area contributed by atoms with Gasteiger partial charge in [0.1, 0.15) is 0 Å². The highest BCUT2D eigenvalue weighted by Gasteiger charge is 2.23. The fourth-order valence-electron chi connectivity index (χ4n) is 2.66. The number of hydrogen-bond donors (Lipinski definition) is 1. The molecule has 1 unspecified atom stereocenters. The summed E-state index contributed by atoms with van der Waals surface area (Å²) in [5, 5.41) is 2.41. The Bertz CT molecular complexity index is 434. The highest BCUT2D eigenvalue weighted by Crippen LogP contribution is 2.22. The van der Waals surface area contributed by atoms with Gasteiger partial charge in [0.05, 0.1) is 12.3 Å². The van der Waals surface area contributed by atoms with Crippen LogP contribution in [-0.4, -0.2) is 41.6 Å². The number of aromatic nitrogens is 1. The molecule has 0 aromatic carbocycles. The van der Waals surface area contributed by atoms with Crippen molar-refractivity contribution in [1.29, 1.82) is 0 Å². The van der Waals surface area contributed by atoms with Gasteiger partial charge in [-0.15, -0.1) is 11.3 Å². The zero-order chi connectivity index (χ0) is 14.4. The summed E-state index contributed by atoms with van der Waals surface area (Å²) in [6.07, 6.45) is 4.77. The number of piperidine rings is 1. The van der Waals surface area contributed by atoms with Crippen molar-refractivity contribution in [3.05, 3.63) is 16.1 Å². The van der Waals surface area contributed by atoms with Gasteiger partial charge in [-0.25, -0.2) is 9.78 Å². The molecule has 6 heteroatoms.